The summed E-state index contributed by atoms with van der Waals surface area (Å²) in [7, 11) is 1.78. The van der Waals surface area contributed by atoms with Crippen LogP contribution in [0.1, 0.15) is 33.6 Å². The third-order valence-electron chi connectivity index (χ3n) is 2.67. The SMILES string of the molecule is CCCC(CBr)CN(CCOC)CC(C)C. The summed E-state index contributed by atoms with van der Waals surface area (Å²) < 4.78 is 5.18. The van der Waals surface area contributed by atoms with Gasteiger partial charge in [-0.25, -0.2) is 0 Å². The van der Waals surface area contributed by atoms with E-state index in [1.807, 2.05) is 0 Å². The summed E-state index contributed by atoms with van der Waals surface area (Å²) in [4.78, 5) is 2.54. The second kappa shape index (κ2) is 10.5. The summed E-state index contributed by atoms with van der Waals surface area (Å²) in [6.07, 6.45) is 2.59. The van der Waals surface area contributed by atoms with Gasteiger partial charge in [-0.3, -0.25) is 0 Å². The highest BCUT2D eigenvalue weighted by molar-refractivity contribution is 9.09. The zero-order valence-electron chi connectivity index (χ0n) is 11.3. The number of rotatable bonds is 10. The number of nitrogens with zero attached hydrogens (tertiary/aromatic N) is 1. The summed E-state index contributed by atoms with van der Waals surface area (Å²) >= 11 is 3.62. The van der Waals surface area contributed by atoms with Crippen LogP contribution in [0.2, 0.25) is 0 Å². The Morgan fingerprint density at radius 3 is 2.38 bits per heavy atom. The molecule has 0 fully saturated rings. The molecule has 0 saturated heterocycles. The van der Waals surface area contributed by atoms with E-state index in [1.54, 1.807) is 7.11 Å². The van der Waals surface area contributed by atoms with Crippen LogP contribution in [0, 0.1) is 11.8 Å². The highest BCUT2D eigenvalue weighted by Gasteiger charge is 2.13. The number of methoxy groups -OCH3 is 1. The lowest BCUT2D eigenvalue weighted by molar-refractivity contribution is 0.129. The van der Waals surface area contributed by atoms with E-state index >= 15 is 0 Å². The minimum Gasteiger partial charge on any atom is -0.383 e. The molecule has 0 heterocycles. The van der Waals surface area contributed by atoms with Crippen molar-refractivity contribution < 1.29 is 4.74 Å². The van der Waals surface area contributed by atoms with E-state index in [2.05, 4.69) is 41.6 Å². The van der Waals surface area contributed by atoms with Crippen molar-refractivity contribution in [2.24, 2.45) is 11.8 Å². The molecule has 16 heavy (non-hydrogen) atoms. The van der Waals surface area contributed by atoms with Crippen molar-refractivity contribution >= 4 is 15.9 Å². The highest BCUT2D eigenvalue weighted by atomic mass is 79.9. The van der Waals surface area contributed by atoms with Gasteiger partial charge in [0.2, 0.25) is 0 Å². The molecular formula is C13H28BrNO. The second-order valence-corrected chi connectivity index (χ2v) is 5.60. The first-order chi connectivity index (χ1) is 7.63. The molecule has 3 heteroatoms. The molecule has 0 bridgehead atoms. The highest BCUT2D eigenvalue weighted by Crippen LogP contribution is 2.12. The molecule has 0 aliphatic rings. The molecule has 0 aromatic carbocycles. The molecule has 0 spiro atoms. The van der Waals surface area contributed by atoms with Gasteiger partial charge in [-0.05, 0) is 18.3 Å². The van der Waals surface area contributed by atoms with Gasteiger partial charge in [0, 0.05) is 32.1 Å². The van der Waals surface area contributed by atoms with Gasteiger partial charge in [-0.15, -0.1) is 0 Å². The van der Waals surface area contributed by atoms with E-state index in [1.165, 1.54) is 25.9 Å². The molecule has 2 nitrogen and oxygen atoms in total. The fourth-order valence-electron chi connectivity index (χ4n) is 1.98. The quantitative estimate of drug-likeness (QED) is 0.573. The molecule has 0 amide bonds. The molecule has 0 rings (SSSR count). The van der Waals surface area contributed by atoms with Crippen molar-refractivity contribution in [2.75, 3.05) is 38.7 Å². The van der Waals surface area contributed by atoms with Gasteiger partial charge in [-0.1, -0.05) is 43.1 Å². The van der Waals surface area contributed by atoms with Crippen molar-refractivity contribution in [1.82, 2.24) is 4.90 Å². The molecule has 0 aromatic heterocycles. The molecule has 0 N–H and O–H groups in total. The fourth-order valence-corrected chi connectivity index (χ4v) is 2.51. The van der Waals surface area contributed by atoms with Crippen molar-refractivity contribution in [1.29, 1.82) is 0 Å². The Kier molecular flexibility index (Phi) is 10.8. The Morgan fingerprint density at radius 1 is 1.25 bits per heavy atom. The number of hydrogen-bond donors (Lipinski definition) is 0. The average Bonchev–Trinajstić information content (AvgIpc) is 2.24. The summed E-state index contributed by atoms with van der Waals surface area (Å²) in [5, 5.41) is 1.11. The van der Waals surface area contributed by atoms with Gasteiger partial charge >= 0.3 is 0 Å². The van der Waals surface area contributed by atoms with Crippen LogP contribution in [0.3, 0.4) is 0 Å². The lowest BCUT2D eigenvalue weighted by atomic mass is 10.0. The largest absolute Gasteiger partial charge is 0.383 e. The standard InChI is InChI=1S/C13H28BrNO/c1-5-6-13(9-14)11-15(7-8-16-4)10-12(2)3/h12-13H,5-11H2,1-4H3. The Morgan fingerprint density at radius 2 is 1.94 bits per heavy atom. The predicted molar refractivity (Wildman–Crippen MR) is 75.3 cm³/mol. The number of hydrogen-bond acceptors (Lipinski definition) is 2. The maximum absolute atomic E-state index is 5.18. The summed E-state index contributed by atoms with van der Waals surface area (Å²) in [6.45, 7) is 11.1. The Bertz CT molecular complexity index is 153. The van der Waals surface area contributed by atoms with Gasteiger partial charge in [0.1, 0.15) is 0 Å². The van der Waals surface area contributed by atoms with Gasteiger partial charge in [0.05, 0.1) is 6.61 Å². The van der Waals surface area contributed by atoms with Crippen LogP contribution in [0.15, 0.2) is 0 Å². The Labute approximate surface area is 110 Å². The third-order valence-corrected chi connectivity index (χ3v) is 3.58. The van der Waals surface area contributed by atoms with Crippen LogP contribution in [0.4, 0.5) is 0 Å². The molecule has 98 valence electrons. The van der Waals surface area contributed by atoms with Crippen LogP contribution in [0.25, 0.3) is 0 Å². The van der Waals surface area contributed by atoms with E-state index < -0.39 is 0 Å². The summed E-state index contributed by atoms with van der Waals surface area (Å²) in [5.41, 5.74) is 0. The fraction of sp³-hybridized carbons (Fsp3) is 1.00. The first-order valence-electron chi connectivity index (χ1n) is 6.41. The van der Waals surface area contributed by atoms with E-state index in [0.717, 1.165) is 30.3 Å². The van der Waals surface area contributed by atoms with Crippen molar-refractivity contribution in [2.45, 2.75) is 33.6 Å². The van der Waals surface area contributed by atoms with E-state index in [4.69, 9.17) is 4.74 Å². The van der Waals surface area contributed by atoms with E-state index in [0.29, 0.717) is 0 Å². The maximum Gasteiger partial charge on any atom is 0.0589 e. The normalized spacial score (nSPS) is 13.7. The van der Waals surface area contributed by atoms with Gasteiger partial charge < -0.3 is 9.64 Å². The van der Waals surface area contributed by atoms with Gasteiger partial charge in [-0.2, -0.15) is 0 Å². The Hall–Kier alpha value is 0.400. The molecule has 1 atom stereocenters. The molecule has 0 saturated carbocycles. The average molecular weight is 294 g/mol. The van der Waals surface area contributed by atoms with Crippen LogP contribution in [-0.4, -0.2) is 43.6 Å². The maximum atomic E-state index is 5.18. The number of ether oxygens (including phenoxy) is 1. The molecule has 0 aliphatic heterocycles. The molecular weight excluding hydrogens is 266 g/mol. The Balaban J connectivity index is 4.04. The van der Waals surface area contributed by atoms with Crippen molar-refractivity contribution in [3.63, 3.8) is 0 Å². The molecule has 1 unspecified atom stereocenters. The van der Waals surface area contributed by atoms with Crippen molar-refractivity contribution in [3.05, 3.63) is 0 Å². The lowest BCUT2D eigenvalue weighted by Crippen LogP contribution is -2.35. The minimum absolute atomic E-state index is 0.731. The zero-order valence-corrected chi connectivity index (χ0v) is 12.9. The minimum atomic E-state index is 0.731. The summed E-state index contributed by atoms with van der Waals surface area (Å²) in [6, 6.07) is 0. The molecule has 0 aromatic rings. The van der Waals surface area contributed by atoms with E-state index in [9.17, 15) is 0 Å². The number of alkyl halides is 1. The topological polar surface area (TPSA) is 12.5 Å². The van der Waals surface area contributed by atoms with Crippen LogP contribution in [0.5, 0.6) is 0 Å². The van der Waals surface area contributed by atoms with Gasteiger partial charge in [0.15, 0.2) is 0 Å². The molecule has 0 radical (unpaired) electrons. The van der Waals surface area contributed by atoms with Crippen LogP contribution < -0.4 is 0 Å². The third kappa shape index (κ3) is 8.54. The zero-order chi connectivity index (χ0) is 12.4. The van der Waals surface area contributed by atoms with E-state index in [-0.39, 0.29) is 0 Å². The monoisotopic (exact) mass is 293 g/mol. The van der Waals surface area contributed by atoms with Crippen molar-refractivity contribution in [3.8, 4) is 0 Å². The number of halogens is 1. The second-order valence-electron chi connectivity index (χ2n) is 4.96. The molecule has 0 aliphatic carbocycles. The smallest absolute Gasteiger partial charge is 0.0589 e. The predicted octanol–water partition coefficient (Wildman–Crippen LogP) is 3.40. The first kappa shape index (κ1) is 16.4. The van der Waals surface area contributed by atoms with Gasteiger partial charge in [0.25, 0.3) is 0 Å². The van der Waals surface area contributed by atoms with Crippen LogP contribution >= 0.6 is 15.9 Å². The van der Waals surface area contributed by atoms with Crippen LogP contribution in [-0.2, 0) is 4.74 Å². The first-order valence-corrected chi connectivity index (χ1v) is 7.53. The summed E-state index contributed by atoms with van der Waals surface area (Å²) in [5.74, 6) is 1.51. The lowest BCUT2D eigenvalue weighted by Gasteiger charge is -2.27.